The Kier molecular flexibility index (Phi) is 4.47. The Balaban J connectivity index is 2.66. The molecule has 6 heteroatoms. The number of carbonyl (C=O) groups excluding carboxylic acids is 1. The van der Waals surface area contributed by atoms with E-state index in [2.05, 4.69) is 10.4 Å². The molecule has 0 aliphatic carbocycles. The molecule has 6 nitrogen and oxygen atoms in total. The van der Waals surface area contributed by atoms with Crippen molar-refractivity contribution in [2.45, 2.75) is 40.3 Å². The second kappa shape index (κ2) is 5.66. The van der Waals surface area contributed by atoms with Crippen molar-refractivity contribution in [3.63, 3.8) is 0 Å². The maximum atomic E-state index is 11.8. The van der Waals surface area contributed by atoms with E-state index in [1.807, 2.05) is 19.9 Å². The number of carbonyl (C=O) groups is 2. The molecule has 0 saturated carbocycles. The molecule has 100 valence electrons. The first-order valence-electron chi connectivity index (χ1n) is 5.84. The summed E-state index contributed by atoms with van der Waals surface area (Å²) in [5.74, 6) is -1.53. The Bertz CT molecular complexity index is 451. The van der Waals surface area contributed by atoms with Crippen molar-refractivity contribution in [1.82, 2.24) is 15.1 Å². The first kappa shape index (κ1) is 14.2. The van der Waals surface area contributed by atoms with Crippen LogP contribution in [0.2, 0.25) is 0 Å². The minimum absolute atomic E-state index is 0.0379. The van der Waals surface area contributed by atoms with Crippen LogP contribution in [-0.4, -0.2) is 32.8 Å². The highest BCUT2D eigenvalue weighted by atomic mass is 16.4. The van der Waals surface area contributed by atoms with Gasteiger partial charge < -0.3 is 10.4 Å². The van der Waals surface area contributed by atoms with Gasteiger partial charge in [-0.25, -0.2) is 4.79 Å². The van der Waals surface area contributed by atoms with E-state index in [1.165, 1.54) is 0 Å². The molecule has 0 aliphatic heterocycles. The molecule has 0 fully saturated rings. The highest BCUT2D eigenvalue weighted by Gasteiger charge is 2.23. The number of aryl methyl sites for hydroxylation is 2. The average molecular weight is 253 g/mol. The van der Waals surface area contributed by atoms with E-state index >= 15 is 0 Å². The molecule has 1 atom stereocenters. The molecule has 1 amide bonds. The number of aromatic nitrogens is 2. The van der Waals surface area contributed by atoms with Gasteiger partial charge in [-0.1, -0.05) is 13.8 Å². The van der Waals surface area contributed by atoms with Crippen molar-refractivity contribution in [3.8, 4) is 0 Å². The van der Waals surface area contributed by atoms with Crippen molar-refractivity contribution < 1.29 is 14.7 Å². The summed E-state index contributed by atoms with van der Waals surface area (Å²) < 4.78 is 1.56. The van der Waals surface area contributed by atoms with E-state index < -0.39 is 12.0 Å². The van der Waals surface area contributed by atoms with Crippen LogP contribution in [0.5, 0.6) is 0 Å². The maximum absolute atomic E-state index is 11.8. The molecule has 0 aromatic carbocycles. The van der Waals surface area contributed by atoms with Gasteiger partial charge in [0.2, 0.25) is 5.91 Å². The second-order valence-corrected chi connectivity index (χ2v) is 4.71. The highest BCUT2D eigenvalue weighted by molar-refractivity contribution is 5.83. The van der Waals surface area contributed by atoms with Crippen molar-refractivity contribution >= 4 is 11.9 Å². The Morgan fingerprint density at radius 1 is 1.44 bits per heavy atom. The van der Waals surface area contributed by atoms with Gasteiger partial charge in [-0.3, -0.25) is 9.48 Å². The summed E-state index contributed by atoms with van der Waals surface area (Å²) in [6.07, 6.45) is 0. The Morgan fingerprint density at radius 2 is 2.06 bits per heavy atom. The number of nitrogens with one attached hydrogen (secondary N) is 1. The number of hydrogen-bond acceptors (Lipinski definition) is 3. The van der Waals surface area contributed by atoms with Gasteiger partial charge in [0.05, 0.1) is 5.69 Å². The molecule has 0 radical (unpaired) electrons. The van der Waals surface area contributed by atoms with Crippen LogP contribution < -0.4 is 5.32 Å². The number of carboxylic acids is 1. The summed E-state index contributed by atoms with van der Waals surface area (Å²) in [6, 6.07) is 0.999. The molecule has 2 N–H and O–H groups in total. The average Bonchev–Trinajstić information content (AvgIpc) is 2.53. The molecule has 1 aromatic rings. The fraction of sp³-hybridized carbons (Fsp3) is 0.583. The zero-order valence-corrected chi connectivity index (χ0v) is 11.1. The second-order valence-electron chi connectivity index (χ2n) is 4.71. The number of aliphatic carboxylic acids is 1. The lowest BCUT2D eigenvalue weighted by molar-refractivity contribution is -0.143. The number of rotatable bonds is 5. The van der Waals surface area contributed by atoms with E-state index in [1.54, 1.807) is 18.5 Å². The molecule has 0 spiro atoms. The smallest absolute Gasteiger partial charge is 0.326 e. The third-order valence-corrected chi connectivity index (χ3v) is 2.65. The summed E-state index contributed by atoms with van der Waals surface area (Å²) >= 11 is 0. The zero-order valence-electron chi connectivity index (χ0n) is 11.1. The van der Waals surface area contributed by atoms with Gasteiger partial charge in [0.15, 0.2) is 0 Å². The molecule has 0 saturated heterocycles. The van der Waals surface area contributed by atoms with Crippen molar-refractivity contribution in [2.24, 2.45) is 5.92 Å². The number of nitrogens with zero attached hydrogens (tertiary/aromatic N) is 2. The summed E-state index contributed by atoms with van der Waals surface area (Å²) in [7, 11) is 0. The quantitative estimate of drug-likeness (QED) is 0.810. The Hall–Kier alpha value is -1.85. The number of hydrogen-bond donors (Lipinski definition) is 2. The number of amides is 1. The first-order valence-corrected chi connectivity index (χ1v) is 5.84. The predicted molar refractivity (Wildman–Crippen MR) is 66.1 cm³/mol. The van der Waals surface area contributed by atoms with Crippen molar-refractivity contribution in [2.75, 3.05) is 0 Å². The van der Waals surface area contributed by atoms with Gasteiger partial charge in [0.1, 0.15) is 12.6 Å². The maximum Gasteiger partial charge on any atom is 0.326 e. The molecule has 0 aliphatic rings. The first-order chi connectivity index (χ1) is 8.31. The molecular weight excluding hydrogens is 234 g/mol. The van der Waals surface area contributed by atoms with Gasteiger partial charge in [-0.15, -0.1) is 0 Å². The minimum Gasteiger partial charge on any atom is -0.480 e. The summed E-state index contributed by atoms with van der Waals surface area (Å²) in [5.41, 5.74) is 1.71. The molecule has 1 unspecified atom stereocenters. The monoisotopic (exact) mass is 253 g/mol. The third-order valence-electron chi connectivity index (χ3n) is 2.65. The van der Waals surface area contributed by atoms with Gasteiger partial charge >= 0.3 is 5.97 Å². The SMILES string of the molecule is Cc1cc(C)n(CC(=O)NC(C(=O)O)C(C)C)n1. The van der Waals surface area contributed by atoms with Gasteiger partial charge in [0, 0.05) is 5.69 Å². The van der Waals surface area contributed by atoms with Crippen LogP contribution in [0.3, 0.4) is 0 Å². The summed E-state index contributed by atoms with van der Waals surface area (Å²) in [6.45, 7) is 7.24. The lowest BCUT2D eigenvalue weighted by atomic mass is 10.1. The van der Waals surface area contributed by atoms with E-state index in [4.69, 9.17) is 5.11 Å². The van der Waals surface area contributed by atoms with Crippen LogP contribution in [0.15, 0.2) is 6.07 Å². The third kappa shape index (κ3) is 3.58. The fourth-order valence-corrected chi connectivity index (χ4v) is 1.70. The lowest BCUT2D eigenvalue weighted by Crippen LogP contribution is -2.45. The van der Waals surface area contributed by atoms with Gasteiger partial charge in [-0.05, 0) is 25.8 Å². The van der Waals surface area contributed by atoms with Crippen molar-refractivity contribution in [1.29, 1.82) is 0 Å². The molecule has 1 rings (SSSR count). The van der Waals surface area contributed by atoms with E-state index in [0.717, 1.165) is 11.4 Å². The normalized spacial score (nSPS) is 12.5. The zero-order chi connectivity index (χ0) is 13.9. The predicted octanol–water partition coefficient (Wildman–Crippen LogP) is 0.725. The van der Waals surface area contributed by atoms with Gasteiger partial charge in [0.25, 0.3) is 0 Å². The standard InChI is InChI=1S/C12H19N3O3/c1-7(2)11(12(17)18)13-10(16)6-15-9(4)5-8(3)14-15/h5,7,11H,6H2,1-4H3,(H,13,16)(H,17,18). The lowest BCUT2D eigenvalue weighted by Gasteiger charge is -2.18. The molecule has 1 heterocycles. The van der Waals surface area contributed by atoms with Crippen LogP contribution in [0.1, 0.15) is 25.2 Å². The molecule has 1 aromatic heterocycles. The summed E-state index contributed by atoms with van der Waals surface area (Å²) in [4.78, 5) is 22.7. The van der Waals surface area contributed by atoms with E-state index in [-0.39, 0.29) is 18.4 Å². The van der Waals surface area contributed by atoms with Crippen LogP contribution in [0.25, 0.3) is 0 Å². The fourth-order valence-electron chi connectivity index (χ4n) is 1.70. The molecule has 0 bridgehead atoms. The Morgan fingerprint density at radius 3 is 2.44 bits per heavy atom. The van der Waals surface area contributed by atoms with Crippen LogP contribution in [-0.2, 0) is 16.1 Å². The van der Waals surface area contributed by atoms with Gasteiger partial charge in [-0.2, -0.15) is 5.10 Å². The van der Waals surface area contributed by atoms with E-state index in [9.17, 15) is 9.59 Å². The highest BCUT2D eigenvalue weighted by Crippen LogP contribution is 2.04. The largest absolute Gasteiger partial charge is 0.480 e. The topological polar surface area (TPSA) is 84.2 Å². The molecule has 18 heavy (non-hydrogen) atoms. The van der Waals surface area contributed by atoms with Crippen molar-refractivity contribution in [3.05, 3.63) is 17.5 Å². The van der Waals surface area contributed by atoms with Crippen LogP contribution >= 0.6 is 0 Å². The van der Waals surface area contributed by atoms with Crippen LogP contribution in [0, 0.1) is 19.8 Å². The summed E-state index contributed by atoms with van der Waals surface area (Å²) in [5, 5.41) is 15.6. The van der Waals surface area contributed by atoms with Crippen LogP contribution in [0.4, 0.5) is 0 Å². The Labute approximate surface area is 106 Å². The minimum atomic E-state index is -1.02. The number of carboxylic acid groups (broad SMARTS) is 1. The molecular formula is C12H19N3O3. The van der Waals surface area contributed by atoms with E-state index in [0.29, 0.717) is 0 Å².